The third-order valence-corrected chi connectivity index (χ3v) is 4.79. The molecule has 0 aromatic carbocycles. The predicted molar refractivity (Wildman–Crippen MR) is 82.3 cm³/mol. The summed E-state index contributed by atoms with van der Waals surface area (Å²) in [5.74, 6) is 0.639. The number of likely N-dealkylation sites (tertiary alicyclic amines) is 1. The molecule has 0 radical (unpaired) electrons. The molecule has 21 heavy (non-hydrogen) atoms. The summed E-state index contributed by atoms with van der Waals surface area (Å²) in [6, 6.07) is 2.25. The molecular weight excluding hydrogens is 264 g/mol. The molecule has 5 nitrogen and oxygen atoms in total. The van der Waals surface area contributed by atoms with E-state index in [4.69, 9.17) is 0 Å². The molecule has 0 saturated carbocycles. The number of amides is 1. The van der Waals surface area contributed by atoms with Crippen molar-refractivity contribution in [3.05, 3.63) is 18.0 Å². The largest absolute Gasteiger partial charge is 0.332 e. The molecule has 2 atom stereocenters. The van der Waals surface area contributed by atoms with Crippen LogP contribution < -0.4 is 5.32 Å². The zero-order chi connectivity index (χ0) is 15.0. The molecule has 1 aromatic rings. The lowest BCUT2D eigenvalue weighted by Gasteiger charge is -2.31. The Kier molecular flexibility index (Phi) is 3.78. The van der Waals surface area contributed by atoms with Crippen LogP contribution in [-0.4, -0.2) is 45.8 Å². The molecule has 2 unspecified atom stereocenters. The summed E-state index contributed by atoms with van der Waals surface area (Å²) in [6.07, 6.45) is 5.32. The van der Waals surface area contributed by atoms with Crippen molar-refractivity contribution in [3.63, 3.8) is 0 Å². The fourth-order valence-electron chi connectivity index (χ4n) is 3.80. The van der Waals surface area contributed by atoms with Gasteiger partial charge in [0.05, 0.1) is 6.04 Å². The molecule has 1 amide bonds. The number of nitrogens with zero attached hydrogens (tertiary/aromatic N) is 3. The average Bonchev–Trinajstić information content (AvgIpc) is 3.03. The molecule has 2 saturated heterocycles. The molecule has 2 aliphatic rings. The van der Waals surface area contributed by atoms with E-state index in [1.54, 1.807) is 0 Å². The van der Waals surface area contributed by atoms with Crippen LogP contribution in [0.1, 0.15) is 56.6 Å². The van der Waals surface area contributed by atoms with Crippen LogP contribution in [0.5, 0.6) is 0 Å². The Labute approximate surface area is 126 Å². The first-order valence-electron chi connectivity index (χ1n) is 8.05. The van der Waals surface area contributed by atoms with Crippen LogP contribution in [0.4, 0.5) is 0 Å². The Balaban J connectivity index is 1.75. The van der Waals surface area contributed by atoms with E-state index < -0.39 is 0 Å². The highest BCUT2D eigenvalue weighted by molar-refractivity contribution is 5.93. The summed E-state index contributed by atoms with van der Waals surface area (Å²) in [5.41, 5.74) is 0.523. The van der Waals surface area contributed by atoms with Gasteiger partial charge in [-0.25, -0.2) is 0 Å². The zero-order valence-corrected chi connectivity index (χ0v) is 13.3. The van der Waals surface area contributed by atoms with Gasteiger partial charge in [0.25, 0.3) is 5.91 Å². The number of aromatic nitrogens is 2. The summed E-state index contributed by atoms with van der Waals surface area (Å²) in [5, 5.41) is 7.94. The van der Waals surface area contributed by atoms with Crippen molar-refractivity contribution in [3.8, 4) is 0 Å². The van der Waals surface area contributed by atoms with E-state index in [9.17, 15) is 4.79 Å². The standard InChI is InChI=1S/C16H26N4O/c1-12-9-16(2,3)19(11-12)15(21)14-6-8-20(18-14)13-5-4-7-17-10-13/h6,8,12-13,17H,4-5,7,9-11H2,1-3H3. The van der Waals surface area contributed by atoms with E-state index in [-0.39, 0.29) is 11.4 Å². The fraction of sp³-hybridized carbons (Fsp3) is 0.750. The summed E-state index contributed by atoms with van der Waals surface area (Å²) < 4.78 is 1.96. The lowest BCUT2D eigenvalue weighted by molar-refractivity contribution is 0.0642. The van der Waals surface area contributed by atoms with Gasteiger partial charge in [0, 0.05) is 24.8 Å². The van der Waals surface area contributed by atoms with E-state index >= 15 is 0 Å². The second-order valence-electron chi connectivity index (χ2n) is 7.22. The summed E-state index contributed by atoms with van der Waals surface area (Å²) >= 11 is 0. The van der Waals surface area contributed by atoms with Crippen LogP contribution in [0.2, 0.25) is 0 Å². The molecule has 0 bridgehead atoms. The van der Waals surface area contributed by atoms with Gasteiger partial charge in [0.2, 0.25) is 0 Å². The molecule has 1 N–H and O–H groups in total. The Hall–Kier alpha value is -1.36. The third kappa shape index (κ3) is 2.84. The van der Waals surface area contributed by atoms with Crippen LogP contribution in [0.3, 0.4) is 0 Å². The van der Waals surface area contributed by atoms with E-state index in [2.05, 4.69) is 31.2 Å². The smallest absolute Gasteiger partial charge is 0.274 e. The van der Waals surface area contributed by atoms with Gasteiger partial charge in [0.1, 0.15) is 5.69 Å². The highest BCUT2D eigenvalue weighted by Gasteiger charge is 2.40. The van der Waals surface area contributed by atoms with Crippen molar-refractivity contribution in [2.75, 3.05) is 19.6 Å². The predicted octanol–water partition coefficient (Wildman–Crippen LogP) is 2.07. The van der Waals surface area contributed by atoms with Crippen molar-refractivity contribution >= 4 is 5.91 Å². The van der Waals surface area contributed by atoms with E-state index in [1.807, 2.05) is 21.8 Å². The first-order valence-corrected chi connectivity index (χ1v) is 8.05. The number of hydrogen-bond acceptors (Lipinski definition) is 3. The van der Waals surface area contributed by atoms with Crippen LogP contribution >= 0.6 is 0 Å². The molecular formula is C16H26N4O. The first-order chi connectivity index (χ1) is 9.97. The molecule has 0 spiro atoms. The van der Waals surface area contributed by atoms with Gasteiger partial charge in [-0.05, 0) is 51.6 Å². The Morgan fingerprint density at radius 1 is 1.48 bits per heavy atom. The van der Waals surface area contributed by atoms with Crippen molar-refractivity contribution in [1.82, 2.24) is 20.0 Å². The SMILES string of the molecule is CC1CN(C(=O)c2ccn(C3CCCNC3)n2)C(C)(C)C1. The number of nitrogens with one attached hydrogen (secondary N) is 1. The van der Waals surface area contributed by atoms with Crippen molar-refractivity contribution in [2.45, 2.75) is 51.6 Å². The maximum Gasteiger partial charge on any atom is 0.274 e. The third-order valence-electron chi connectivity index (χ3n) is 4.79. The second-order valence-corrected chi connectivity index (χ2v) is 7.22. The first kappa shape index (κ1) is 14.6. The highest BCUT2D eigenvalue weighted by atomic mass is 16.2. The van der Waals surface area contributed by atoms with Gasteiger partial charge in [0.15, 0.2) is 0 Å². The van der Waals surface area contributed by atoms with Crippen LogP contribution in [0.25, 0.3) is 0 Å². The molecule has 2 aliphatic heterocycles. The van der Waals surface area contributed by atoms with Gasteiger partial charge < -0.3 is 10.2 Å². The maximum absolute atomic E-state index is 12.7. The highest BCUT2D eigenvalue weighted by Crippen LogP contribution is 2.33. The van der Waals surface area contributed by atoms with E-state index in [0.29, 0.717) is 17.7 Å². The molecule has 1 aromatic heterocycles. The van der Waals surface area contributed by atoms with Gasteiger partial charge in [-0.3, -0.25) is 9.48 Å². The number of hydrogen-bond donors (Lipinski definition) is 1. The number of carbonyl (C=O) groups excluding carboxylic acids is 1. The Morgan fingerprint density at radius 2 is 2.29 bits per heavy atom. The fourth-order valence-corrected chi connectivity index (χ4v) is 3.80. The molecule has 116 valence electrons. The lowest BCUT2D eigenvalue weighted by Crippen LogP contribution is -2.43. The van der Waals surface area contributed by atoms with Crippen molar-refractivity contribution < 1.29 is 4.79 Å². The molecule has 3 rings (SSSR count). The van der Waals surface area contributed by atoms with Crippen molar-refractivity contribution in [2.24, 2.45) is 5.92 Å². The van der Waals surface area contributed by atoms with Crippen molar-refractivity contribution in [1.29, 1.82) is 0 Å². The van der Waals surface area contributed by atoms with Gasteiger partial charge in [-0.1, -0.05) is 6.92 Å². The Morgan fingerprint density at radius 3 is 2.90 bits per heavy atom. The van der Waals surface area contributed by atoms with Crippen LogP contribution in [0, 0.1) is 5.92 Å². The van der Waals surface area contributed by atoms with Gasteiger partial charge >= 0.3 is 0 Å². The van der Waals surface area contributed by atoms with Crippen LogP contribution in [0.15, 0.2) is 12.3 Å². The summed E-state index contributed by atoms with van der Waals surface area (Å²) in [7, 11) is 0. The minimum absolute atomic E-state index is 0.0628. The zero-order valence-electron chi connectivity index (χ0n) is 13.3. The number of rotatable bonds is 2. The summed E-state index contributed by atoms with van der Waals surface area (Å²) in [6.45, 7) is 9.38. The molecule has 2 fully saturated rings. The minimum Gasteiger partial charge on any atom is -0.332 e. The molecule has 3 heterocycles. The van der Waals surface area contributed by atoms with Gasteiger partial charge in [-0.2, -0.15) is 5.10 Å². The molecule has 5 heteroatoms. The average molecular weight is 290 g/mol. The normalized spacial score (nSPS) is 28.8. The van der Waals surface area contributed by atoms with Gasteiger partial charge in [-0.15, -0.1) is 0 Å². The maximum atomic E-state index is 12.7. The van der Waals surface area contributed by atoms with Crippen LogP contribution in [-0.2, 0) is 0 Å². The monoisotopic (exact) mass is 290 g/mol. The summed E-state index contributed by atoms with van der Waals surface area (Å²) in [4.78, 5) is 14.7. The number of carbonyl (C=O) groups is 1. The topological polar surface area (TPSA) is 50.2 Å². The van der Waals surface area contributed by atoms with E-state index in [0.717, 1.165) is 32.5 Å². The minimum atomic E-state index is -0.0628. The Bertz CT molecular complexity index is 516. The lowest BCUT2D eigenvalue weighted by atomic mass is 9.97. The second kappa shape index (κ2) is 5.44. The molecule has 0 aliphatic carbocycles. The number of piperidine rings is 1. The quantitative estimate of drug-likeness (QED) is 0.907. The van der Waals surface area contributed by atoms with E-state index in [1.165, 1.54) is 6.42 Å².